The van der Waals surface area contributed by atoms with Crippen LogP contribution in [0.25, 0.3) is 0 Å². The van der Waals surface area contributed by atoms with E-state index in [0.29, 0.717) is 35.3 Å². The van der Waals surface area contributed by atoms with E-state index in [4.69, 9.17) is 0 Å². The van der Waals surface area contributed by atoms with E-state index in [1.54, 1.807) is 24.3 Å². The van der Waals surface area contributed by atoms with E-state index in [0.717, 1.165) is 0 Å². The van der Waals surface area contributed by atoms with Crippen LogP contribution in [0.15, 0.2) is 29.2 Å². The van der Waals surface area contributed by atoms with Gasteiger partial charge in [0.15, 0.2) is 0 Å². The van der Waals surface area contributed by atoms with Gasteiger partial charge in [-0.05, 0) is 18.6 Å². The monoisotopic (exact) mass is 315 g/mol. The van der Waals surface area contributed by atoms with Gasteiger partial charge in [-0.1, -0.05) is 23.9 Å². The van der Waals surface area contributed by atoms with Gasteiger partial charge in [-0.3, -0.25) is 0 Å². The maximum atomic E-state index is 12.3. The van der Waals surface area contributed by atoms with Crippen molar-refractivity contribution in [3.05, 3.63) is 24.3 Å². The molecule has 0 saturated carbocycles. The smallest absolute Gasteiger partial charge is 0.384 e. The molecule has 0 atom stereocenters. The molecule has 1 rings (SSSR count). The highest BCUT2D eigenvalue weighted by Gasteiger charge is 2.27. The second-order valence-corrected chi connectivity index (χ2v) is 4.85. The Hall–Kier alpha value is -1.02. The Bertz CT molecular complexity index is 400. The zero-order valence-electron chi connectivity index (χ0n) is 10.4. The minimum absolute atomic E-state index is 0.0450. The number of nitrogens with one attached hydrogen (secondary N) is 1. The highest BCUT2D eigenvalue weighted by atomic mass is 32.2. The van der Waals surface area contributed by atoms with Crippen LogP contribution in [0.2, 0.25) is 0 Å². The second kappa shape index (κ2) is 8.31. The van der Waals surface area contributed by atoms with E-state index in [1.165, 1.54) is 0 Å². The zero-order chi connectivity index (χ0) is 15.0. The summed E-state index contributed by atoms with van der Waals surface area (Å²) in [7, 11) is 0. The summed E-state index contributed by atoms with van der Waals surface area (Å²) in [6, 6.07) is 6.53. The first kappa shape index (κ1) is 17.0. The van der Waals surface area contributed by atoms with Crippen molar-refractivity contribution >= 4 is 17.4 Å². The fourth-order valence-corrected chi connectivity index (χ4v) is 2.01. The summed E-state index contributed by atoms with van der Waals surface area (Å²) in [5.74, 6) is -2.52. The van der Waals surface area contributed by atoms with Gasteiger partial charge in [-0.15, -0.1) is 0 Å². The quantitative estimate of drug-likeness (QED) is 0.437. The van der Waals surface area contributed by atoms with E-state index in [9.17, 15) is 22.0 Å². The topological polar surface area (TPSA) is 21.3 Å². The van der Waals surface area contributed by atoms with Gasteiger partial charge in [-0.2, -0.15) is 22.0 Å². The molecule has 0 bridgehead atoms. The van der Waals surface area contributed by atoms with Crippen LogP contribution in [0.4, 0.5) is 27.6 Å². The second-order valence-electron chi connectivity index (χ2n) is 3.82. The third kappa shape index (κ3) is 7.54. The van der Waals surface area contributed by atoms with Crippen molar-refractivity contribution in [2.24, 2.45) is 0 Å². The summed E-state index contributed by atoms with van der Waals surface area (Å²) >= 11 is 0.421. The Morgan fingerprint density at radius 2 is 1.90 bits per heavy atom. The molecule has 2 nitrogen and oxygen atoms in total. The van der Waals surface area contributed by atoms with Crippen LogP contribution in [0, 0.1) is 0 Å². The Morgan fingerprint density at radius 3 is 2.55 bits per heavy atom. The molecule has 0 amide bonds. The number of benzene rings is 1. The molecular weight excluding hydrogens is 301 g/mol. The van der Waals surface area contributed by atoms with Crippen molar-refractivity contribution in [1.29, 1.82) is 0 Å². The van der Waals surface area contributed by atoms with Gasteiger partial charge < -0.3 is 10.1 Å². The van der Waals surface area contributed by atoms with Crippen LogP contribution in [0.3, 0.4) is 0 Å². The van der Waals surface area contributed by atoms with Crippen molar-refractivity contribution in [3.63, 3.8) is 0 Å². The molecule has 0 aliphatic rings. The van der Waals surface area contributed by atoms with Gasteiger partial charge in [0.25, 0.3) is 5.76 Å². The van der Waals surface area contributed by atoms with Crippen molar-refractivity contribution in [2.45, 2.75) is 23.3 Å². The lowest BCUT2D eigenvalue weighted by Gasteiger charge is -2.11. The molecule has 0 aliphatic carbocycles. The van der Waals surface area contributed by atoms with E-state index in [-0.39, 0.29) is 6.61 Å². The van der Waals surface area contributed by atoms with Crippen LogP contribution in [-0.4, -0.2) is 31.7 Å². The number of para-hydroxylation sites is 1. The zero-order valence-corrected chi connectivity index (χ0v) is 11.2. The SMILES string of the molecule is FC(F)Sc1ccccc1NCCCOCC(F)(F)F. The van der Waals surface area contributed by atoms with Gasteiger partial charge in [0.1, 0.15) is 6.61 Å². The molecule has 0 heterocycles. The molecule has 1 aromatic carbocycles. The number of ether oxygens (including phenoxy) is 1. The summed E-state index contributed by atoms with van der Waals surface area (Å²) in [6.45, 7) is -0.972. The summed E-state index contributed by atoms with van der Waals surface area (Å²) in [5, 5.41) is 2.90. The van der Waals surface area contributed by atoms with Gasteiger partial charge >= 0.3 is 6.18 Å². The van der Waals surface area contributed by atoms with Crippen LogP contribution in [0.5, 0.6) is 0 Å². The van der Waals surface area contributed by atoms with E-state index >= 15 is 0 Å². The molecule has 0 fully saturated rings. The molecule has 0 spiro atoms. The molecule has 1 N–H and O–H groups in total. The van der Waals surface area contributed by atoms with Crippen LogP contribution >= 0.6 is 11.8 Å². The lowest BCUT2D eigenvalue weighted by Crippen LogP contribution is -2.18. The lowest BCUT2D eigenvalue weighted by atomic mass is 10.3. The first-order valence-electron chi connectivity index (χ1n) is 5.81. The molecular formula is C12H14F5NOS. The molecule has 0 aromatic heterocycles. The number of hydrogen-bond donors (Lipinski definition) is 1. The first-order valence-corrected chi connectivity index (χ1v) is 6.68. The van der Waals surface area contributed by atoms with E-state index in [1.807, 2.05) is 0 Å². The van der Waals surface area contributed by atoms with Gasteiger partial charge in [0.2, 0.25) is 0 Å². The Kier molecular flexibility index (Phi) is 7.08. The number of thioether (sulfide) groups is 1. The third-order valence-corrected chi connectivity index (χ3v) is 2.94. The average Bonchev–Trinajstić information content (AvgIpc) is 2.33. The Morgan fingerprint density at radius 1 is 1.20 bits per heavy atom. The van der Waals surface area contributed by atoms with Crippen LogP contribution in [-0.2, 0) is 4.74 Å². The number of rotatable bonds is 8. The number of anilines is 1. The first-order chi connectivity index (χ1) is 9.38. The van der Waals surface area contributed by atoms with E-state index < -0.39 is 18.5 Å². The van der Waals surface area contributed by atoms with Crippen molar-refractivity contribution in [2.75, 3.05) is 25.1 Å². The molecule has 20 heavy (non-hydrogen) atoms. The standard InChI is InChI=1S/C12H14F5NOS/c13-11(14)20-10-5-2-1-4-9(10)18-6-3-7-19-8-12(15,16)17/h1-2,4-5,11,18H,3,6-8H2. The normalized spacial score (nSPS) is 11.9. The molecule has 1 aromatic rings. The maximum Gasteiger partial charge on any atom is 0.411 e. The molecule has 8 heteroatoms. The third-order valence-electron chi connectivity index (χ3n) is 2.15. The van der Waals surface area contributed by atoms with Gasteiger partial charge in [-0.25, -0.2) is 0 Å². The molecule has 114 valence electrons. The number of hydrogen-bond acceptors (Lipinski definition) is 3. The highest BCUT2D eigenvalue weighted by Crippen LogP contribution is 2.31. The minimum Gasteiger partial charge on any atom is -0.384 e. The minimum atomic E-state index is -4.33. The molecule has 0 radical (unpaired) electrons. The summed E-state index contributed by atoms with van der Waals surface area (Å²) in [4.78, 5) is 0.402. The number of halogens is 5. The largest absolute Gasteiger partial charge is 0.411 e. The van der Waals surface area contributed by atoms with E-state index in [2.05, 4.69) is 10.1 Å². The van der Waals surface area contributed by atoms with Crippen molar-refractivity contribution in [1.82, 2.24) is 0 Å². The predicted octanol–water partition coefficient (Wildman–Crippen LogP) is 4.38. The molecule has 0 unspecified atom stereocenters. The fourth-order valence-electron chi connectivity index (χ4n) is 1.40. The maximum absolute atomic E-state index is 12.3. The number of alkyl halides is 5. The van der Waals surface area contributed by atoms with Gasteiger partial charge in [0.05, 0.1) is 0 Å². The Labute approximate surface area is 117 Å². The Balaban J connectivity index is 2.28. The van der Waals surface area contributed by atoms with Gasteiger partial charge in [0, 0.05) is 23.7 Å². The summed E-state index contributed by atoms with van der Waals surface area (Å²) in [6.07, 6.45) is -3.97. The highest BCUT2D eigenvalue weighted by molar-refractivity contribution is 7.99. The fraction of sp³-hybridized carbons (Fsp3) is 0.500. The molecule has 0 saturated heterocycles. The predicted molar refractivity (Wildman–Crippen MR) is 68.3 cm³/mol. The van der Waals surface area contributed by atoms with Crippen molar-refractivity contribution < 1.29 is 26.7 Å². The van der Waals surface area contributed by atoms with Crippen molar-refractivity contribution in [3.8, 4) is 0 Å². The lowest BCUT2D eigenvalue weighted by molar-refractivity contribution is -0.173. The summed E-state index contributed by atoms with van der Waals surface area (Å²) in [5.41, 5.74) is 0.536. The summed E-state index contributed by atoms with van der Waals surface area (Å²) < 4.78 is 64.4. The molecule has 0 aliphatic heterocycles. The average molecular weight is 315 g/mol. The van der Waals surface area contributed by atoms with Crippen LogP contribution < -0.4 is 5.32 Å². The van der Waals surface area contributed by atoms with Crippen LogP contribution in [0.1, 0.15) is 6.42 Å².